The van der Waals surface area contributed by atoms with E-state index in [0.717, 1.165) is 24.3 Å². The van der Waals surface area contributed by atoms with Gasteiger partial charge in [0.2, 0.25) is 5.95 Å². The van der Waals surface area contributed by atoms with Gasteiger partial charge in [-0.1, -0.05) is 13.8 Å². The van der Waals surface area contributed by atoms with E-state index in [1.807, 2.05) is 6.92 Å². The lowest BCUT2D eigenvalue weighted by Gasteiger charge is -2.17. The van der Waals surface area contributed by atoms with Crippen LogP contribution in [0.5, 0.6) is 0 Å². The van der Waals surface area contributed by atoms with E-state index in [1.54, 1.807) is 6.33 Å². The lowest BCUT2D eigenvalue weighted by atomic mass is 10.1. The molecule has 2 heterocycles. The number of imidazole rings is 1. The van der Waals surface area contributed by atoms with Crippen LogP contribution < -0.4 is 10.6 Å². The van der Waals surface area contributed by atoms with Gasteiger partial charge in [-0.25, -0.2) is 4.98 Å². The molecule has 0 aromatic carbocycles. The van der Waals surface area contributed by atoms with Gasteiger partial charge in [-0.05, 0) is 26.2 Å². The number of aromatic nitrogens is 4. The van der Waals surface area contributed by atoms with Gasteiger partial charge in [-0.3, -0.25) is 0 Å². The normalized spacial score (nSPS) is 12.9. The van der Waals surface area contributed by atoms with Crippen LogP contribution in [0, 0.1) is 5.92 Å². The molecular weight excluding hydrogens is 240 g/mol. The highest BCUT2D eigenvalue weighted by Crippen LogP contribution is 2.20. The van der Waals surface area contributed by atoms with Gasteiger partial charge in [0.05, 0.1) is 6.33 Å². The summed E-state index contributed by atoms with van der Waals surface area (Å²) < 4.78 is 0. The van der Waals surface area contributed by atoms with E-state index in [4.69, 9.17) is 0 Å². The van der Waals surface area contributed by atoms with E-state index in [1.165, 1.54) is 0 Å². The van der Waals surface area contributed by atoms with Gasteiger partial charge in [0, 0.05) is 12.6 Å². The summed E-state index contributed by atoms with van der Waals surface area (Å²) in [5.74, 6) is 2.07. The fourth-order valence-corrected chi connectivity index (χ4v) is 2.17. The Morgan fingerprint density at radius 2 is 2.05 bits per heavy atom. The smallest absolute Gasteiger partial charge is 0.226 e. The maximum absolute atomic E-state index is 4.51. The minimum atomic E-state index is 0.357. The van der Waals surface area contributed by atoms with Crippen LogP contribution in [0.1, 0.15) is 34.1 Å². The average Bonchev–Trinajstić information content (AvgIpc) is 2.76. The van der Waals surface area contributed by atoms with Crippen LogP contribution in [0.4, 0.5) is 11.8 Å². The summed E-state index contributed by atoms with van der Waals surface area (Å²) in [4.78, 5) is 16.1. The lowest BCUT2D eigenvalue weighted by Crippen LogP contribution is -2.19. The molecule has 0 saturated carbocycles. The number of aromatic amines is 1. The van der Waals surface area contributed by atoms with Gasteiger partial charge in [0.1, 0.15) is 5.52 Å². The Morgan fingerprint density at radius 3 is 2.74 bits per heavy atom. The number of nitrogens with one attached hydrogen (secondary N) is 3. The first-order valence-electron chi connectivity index (χ1n) is 6.81. The molecule has 0 amide bonds. The second-order valence-electron chi connectivity index (χ2n) is 5.20. The van der Waals surface area contributed by atoms with E-state index in [9.17, 15) is 0 Å². The van der Waals surface area contributed by atoms with Gasteiger partial charge in [0.15, 0.2) is 11.5 Å². The molecule has 0 fully saturated rings. The Kier molecular flexibility index (Phi) is 4.19. The molecular formula is C13H22N6. The van der Waals surface area contributed by atoms with Gasteiger partial charge < -0.3 is 15.6 Å². The molecule has 0 radical (unpaired) electrons. The third kappa shape index (κ3) is 3.33. The Hall–Kier alpha value is -1.85. The second-order valence-corrected chi connectivity index (χ2v) is 5.20. The van der Waals surface area contributed by atoms with Gasteiger partial charge in [-0.2, -0.15) is 9.97 Å². The van der Waals surface area contributed by atoms with E-state index in [-0.39, 0.29) is 0 Å². The van der Waals surface area contributed by atoms with Crippen molar-refractivity contribution >= 4 is 22.9 Å². The molecule has 1 unspecified atom stereocenters. The molecule has 0 spiro atoms. The van der Waals surface area contributed by atoms with Gasteiger partial charge in [0.25, 0.3) is 0 Å². The Morgan fingerprint density at radius 1 is 1.26 bits per heavy atom. The molecule has 104 valence electrons. The number of H-pyrrole nitrogens is 1. The quantitative estimate of drug-likeness (QED) is 0.746. The summed E-state index contributed by atoms with van der Waals surface area (Å²) in [7, 11) is 0. The van der Waals surface area contributed by atoms with Crippen LogP contribution in [0.3, 0.4) is 0 Å². The van der Waals surface area contributed by atoms with Crippen molar-refractivity contribution in [3.63, 3.8) is 0 Å². The fraction of sp³-hybridized carbons (Fsp3) is 0.615. The van der Waals surface area contributed by atoms with Gasteiger partial charge in [-0.15, -0.1) is 0 Å². The number of anilines is 2. The van der Waals surface area contributed by atoms with Crippen molar-refractivity contribution in [3.8, 4) is 0 Å². The van der Waals surface area contributed by atoms with E-state index in [2.05, 4.69) is 51.3 Å². The number of hydrogen-bond acceptors (Lipinski definition) is 5. The van der Waals surface area contributed by atoms with Gasteiger partial charge >= 0.3 is 0 Å². The van der Waals surface area contributed by atoms with Crippen molar-refractivity contribution in [2.75, 3.05) is 17.2 Å². The standard InChI is InChI=1S/C13H22N6/c1-5-14-13-18-11-10(15-7-16-11)12(19-13)17-9(4)6-8(2)3/h7-9H,5-6H2,1-4H3,(H3,14,15,16,17,18,19). The van der Waals surface area contributed by atoms with Crippen LogP contribution in [-0.4, -0.2) is 32.5 Å². The molecule has 0 bridgehead atoms. The first kappa shape index (κ1) is 13.6. The minimum Gasteiger partial charge on any atom is -0.366 e. The topological polar surface area (TPSA) is 78.5 Å². The molecule has 0 aliphatic carbocycles. The van der Waals surface area contributed by atoms with E-state index < -0.39 is 0 Å². The minimum absolute atomic E-state index is 0.357. The predicted molar refractivity (Wildman–Crippen MR) is 78.4 cm³/mol. The van der Waals surface area contributed by atoms with Crippen LogP contribution >= 0.6 is 0 Å². The number of nitrogens with zero attached hydrogens (tertiary/aromatic N) is 3. The Labute approximate surface area is 113 Å². The SMILES string of the molecule is CCNc1nc(NC(C)CC(C)C)c2[nH]cnc2n1. The van der Waals surface area contributed by atoms with Crippen molar-refractivity contribution in [2.45, 2.75) is 40.2 Å². The highest BCUT2D eigenvalue weighted by atomic mass is 15.2. The molecule has 1 atom stereocenters. The van der Waals surface area contributed by atoms with Crippen LogP contribution in [0.25, 0.3) is 11.2 Å². The number of rotatable bonds is 6. The maximum Gasteiger partial charge on any atom is 0.226 e. The zero-order valence-electron chi connectivity index (χ0n) is 12.0. The molecule has 2 aromatic heterocycles. The fourth-order valence-electron chi connectivity index (χ4n) is 2.17. The molecule has 2 aromatic rings. The third-order valence-electron chi connectivity index (χ3n) is 2.83. The van der Waals surface area contributed by atoms with E-state index in [0.29, 0.717) is 23.6 Å². The summed E-state index contributed by atoms with van der Waals surface area (Å²) in [5.41, 5.74) is 1.54. The average molecular weight is 262 g/mol. The Balaban J connectivity index is 2.26. The molecule has 0 aliphatic heterocycles. The van der Waals surface area contributed by atoms with Crippen LogP contribution in [0.15, 0.2) is 6.33 Å². The molecule has 3 N–H and O–H groups in total. The summed E-state index contributed by atoms with van der Waals surface area (Å²) in [6, 6.07) is 0.357. The molecule has 6 nitrogen and oxygen atoms in total. The van der Waals surface area contributed by atoms with Crippen molar-refractivity contribution in [1.82, 2.24) is 19.9 Å². The number of fused-ring (bicyclic) bond motifs is 1. The molecule has 19 heavy (non-hydrogen) atoms. The lowest BCUT2D eigenvalue weighted by molar-refractivity contribution is 0.539. The van der Waals surface area contributed by atoms with Crippen LogP contribution in [-0.2, 0) is 0 Å². The first-order valence-corrected chi connectivity index (χ1v) is 6.81. The maximum atomic E-state index is 4.51. The summed E-state index contributed by atoms with van der Waals surface area (Å²) in [6.07, 6.45) is 2.74. The zero-order valence-corrected chi connectivity index (χ0v) is 12.0. The molecule has 0 saturated heterocycles. The van der Waals surface area contributed by atoms with E-state index >= 15 is 0 Å². The van der Waals surface area contributed by atoms with Crippen molar-refractivity contribution in [3.05, 3.63) is 6.33 Å². The highest BCUT2D eigenvalue weighted by molar-refractivity contribution is 5.83. The monoisotopic (exact) mass is 262 g/mol. The summed E-state index contributed by atoms with van der Waals surface area (Å²) in [5, 5.41) is 6.57. The predicted octanol–water partition coefficient (Wildman–Crippen LogP) is 2.63. The molecule has 2 rings (SSSR count). The number of hydrogen-bond donors (Lipinski definition) is 3. The van der Waals surface area contributed by atoms with Crippen molar-refractivity contribution in [2.24, 2.45) is 5.92 Å². The largest absolute Gasteiger partial charge is 0.366 e. The summed E-state index contributed by atoms with van der Waals surface area (Å²) in [6.45, 7) is 9.41. The van der Waals surface area contributed by atoms with Crippen molar-refractivity contribution in [1.29, 1.82) is 0 Å². The van der Waals surface area contributed by atoms with Crippen LogP contribution in [0.2, 0.25) is 0 Å². The van der Waals surface area contributed by atoms with Crippen molar-refractivity contribution < 1.29 is 0 Å². The Bertz CT molecular complexity index is 533. The third-order valence-corrected chi connectivity index (χ3v) is 2.83. The zero-order chi connectivity index (χ0) is 13.8. The molecule has 0 aliphatic rings. The highest BCUT2D eigenvalue weighted by Gasteiger charge is 2.12. The first-order chi connectivity index (χ1) is 9.10. The molecule has 6 heteroatoms. The second kappa shape index (κ2) is 5.86. The summed E-state index contributed by atoms with van der Waals surface area (Å²) >= 11 is 0.